The van der Waals surface area contributed by atoms with E-state index in [2.05, 4.69) is 5.32 Å². The van der Waals surface area contributed by atoms with Gasteiger partial charge >= 0.3 is 11.9 Å². The molecule has 0 aliphatic rings. The summed E-state index contributed by atoms with van der Waals surface area (Å²) in [6.07, 6.45) is -0.956. The Balaban J connectivity index is 1.73. The lowest BCUT2D eigenvalue weighted by atomic mass is 9.97. The van der Waals surface area contributed by atoms with Gasteiger partial charge in [-0.1, -0.05) is 72.8 Å². The molecule has 0 aliphatic heterocycles. The van der Waals surface area contributed by atoms with E-state index in [4.69, 9.17) is 4.74 Å². The highest BCUT2D eigenvalue weighted by molar-refractivity contribution is 6.01. The Morgan fingerprint density at radius 2 is 1.37 bits per heavy atom. The van der Waals surface area contributed by atoms with Crippen LogP contribution in [0.1, 0.15) is 56.0 Å². The number of hydrogen-bond donors (Lipinski definition) is 1. The van der Waals surface area contributed by atoms with E-state index in [1.165, 1.54) is 0 Å². The Hall–Kier alpha value is -3.87. The molecular formula is C31H33F2NO4. The summed E-state index contributed by atoms with van der Waals surface area (Å²) in [5, 5.41) is 2.35. The number of aryl methyl sites for hydroxylation is 1. The average molecular weight is 522 g/mol. The Morgan fingerprint density at radius 1 is 0.816 bits per heavy atom. The molecule has 0 fully saturated rings. The van der Waals surface area contributed by atoms with Crippen molar-refractivity contribution in [3.8, 4) is 11.1 Å². The van der Waals surface area contributed by atoms with Crippen LogP contribution >= 0.6 is 0 Å². The molecule has 0 heterocycles. The fourth-order valence-corrected chi connectivity index (χ4v) is 3.98. The van der Waals surface area contributed by atoms with Gasteiger partial charge in [0.05, 0.1) is 6.42 Å². The molecule has 0 spiro atoms. The van der Waals surface area contributed by atoms with Crippen LogP contribution in [0.25, 0.3) is 11.1 Å². The van der Waals surface area contributed by atoms with Crippen molar-refractivity contribution < 1.29 is 27.9 Å². The third kappa shape index (κ3) is 8.61. The van der Waals surface area contributed by atoms with E-state index in [0.29, 0.717) is 6.42 Å². The predicted molar refractivity (Wildman–Crippen MR) is 143 cm³/mol. The number of Topliss-reactive ketones (excluding diaryl/α,β-unsaturated/α-hetero) is 1. The van der Waals surface area contributed by atoms with Gasteiger partial charge in [0.1, 0.15) is 11.6 Å². The van der Waals surface area contributed by atoms with Gasteiger partial charge in [-0.15, -0.1) is 0 Å². The highest BCUT2D eigenvalue weighted by Crippen LogP contribution is 2.26. The molecule has 200 valence electrons. The number of hydrogen-bond acceptors (Lipinski definition) is 4. The molecule has 3 aromatic rings. The van der Waals surface area contributed by atoms with Gasteiger partial charge in [0.2, 0.25) is 5.78 Å². The van der Waals surface area contributed by atoms with Crippen molar-refractivity contribution in [2.45, 2.75) is 64.0 Å². The Bertz CT molecular complexity index is 1220. The largest absolute Gasteiger partial charge is 0.460 e. The van der Waals surface area contributed by atoms with Crippen LogP contribution in [0.2, 0.25) is 0 Å². The first-order chi connectivity index (χ1) is 17.9. The van der Waals surface area contributed by atoms with E-state index in [1.54, 1.807) is 45.0 Å². The van der Waals surface area contributed by atoms with Gasteiger partial charge in [0, 0.05) is 12.0 Å². The zero-order chi connectivity index (χ0) is 27.8. The van der Waals surface area contributed by atoms with Crippen LogP contribution in [0.5, 0.6) is 0 Å². The standard InChI is InChI=1S/C31H33F2NO4/c1-30(2,3)38-27(35)21-26(28(36)31(32,33)20-10-13-22-11-6-4-7-12-22)34-29(37)25-18-16-24(17-19-25)23-14-8-5-9-15-23/h4-9,11-12,14-19,26H,10,13,20-21H2,1-3H3,(H,34,37). The number of alkyl halides is 2. The van der Waals surface area contributed by atoms with Crippen molar-refractivity contribution >= 4 is 17.7 Å². The van der Waals surface area contributed by atoms with Crippen molar-refractivity contribution in [2.24, 2.45) is 0 Å². The molecule has 7 heteroatoms. The van der Waals surface area contributed by atoms with E-state index in [0.717, 1.165) is 16.7 Å². The Labute approximate surface area is 222 Å². The molecule has 0 radical (unpaired) electrons. The van der Waals surface area contributed by atoms with Crippen LogP contribution < -0.4 is 5.32 Å². The second-order valence-electron chi connectivity index (χ2n) is 10.2. The maximum atomic E-state index is 15.0. The fraction of sp³-hybridized carbons (Fsp3) is 0.323. The maximum absolute atomic E-state index is 15.0. The lowest BCUT2D eigenvalue weighted by Crippen LogP contribution is -2.49. The SMILES string of the molecule is CC(C)(C)OC(=O)CC(NC(=O)c1ccc(-c2ccccc2)cc1)C(=O)C(F)(F)CCCc1ccccc1. The fourth-order valence-electron chi connectivity index (χ4n) is 3.98. The van der Waals surface area contributed by atoms with Gasteiger partial charge in [-0.3, -0.25) is 14.4 Å². The number of nitrogens with one attached hydrogen (secondary N) is 1. The smallest absolute Gasteiger partial charge is 0.308 e. The van der Waals surface area contributed by atoms with Gasteiger partial charge in [-0.25, -0.2) is 0 Å². The number of ether oxygens (including phenoxy) is 1. The summed E-state index contributed by atoms with van der Waals surface area (Å²) >= 11 is 0. The van der Waals surface area contributed by atoms with Crippen molar-refractivity contribution in [1.82, 2.24) is 5.32 Å². The molecule has 0 aromatic heterocycles. The van der Waals surface area contributed by atoms with Crippen molar-refractivity contribution in [2.75, 3.05) is 0 Å². The summed E-state index contributed by atoms with van der Waals surface area (Å²) in [5.41, 5.74) is 2.01. The van der Waals surface area contributed by atoms with E-state index in [-0.39, 0.29) is 12.0 Å². The van der Waals surface area contributed by atoms with Crippen LogP contribution in [0.15, 0.2) is 84.9 Å². The molecule has 0 saturated carbocycles. The highest BCUT2D eigenvalue weighted by atomic mass is 19.3. The molecule has 1 N–H and O–H groups in total. The lowest BCUT2D eigenvalue weighted by molar-refractivity contribution is -0.159. The van der Waals surface area contributed by atoms with Crippen LogP contribution in [-0.2, 0) is 20.7 Å². The summed E-state index contributed by atoms with van der Waals surface area (Å²) in [7, 11) is 0. The zero-order valence-corrected chi connectivity index (χ0v) is 21.9. The van der Waals surface area contributed by atoms with Crippen LogP contribution in [0.4, 0.5) is 8.78 Å². The number of carbonyl (C=O) groups excluding carboxylic acids is 3. The summed E-state index contributed by atoms with van der Waals surface area (Å²) in [4.78, 5) is 38.3. The Kier molecular flexibility index (Phi) is 9.50. The van der Waals surface area contributed by atoms with Gasteiger partial charge in [0.15, 0.2) is 0 Å². The quantitative estimate of drug-likeness (QED) is 0.296. The van der Waals surface area contributed by atoms with Crippen LogP contribution in [-0.4, -0.2) is 35.2 Å². The normalized spacial score (nSPS) is 12.4. The summed E-state index contributed by atoms with van der Waals surface area (Å²) in [5.74, 6) is -6.82. The first-order valence-electron chi connectivity index (χ1n) is 12.6. The number of benzene rings is 3. The maximum Gasteiger partial charge on any atom is 0.308 e. The molecule has 0 saturated heterocycles. The van der Waals surface area contributed by atoms with Gasteiger partial charge < -0.3 is 10.1 Å². The number of carbonyl (C=O) groups is 3. The summed E-state index contributed by atoms with van der Waals surface area (Å²) < 4.78 is 35.2. The van der Waals surface area contributed by atoms with Crippen LogP contribution in [0, 0.1) is 0 Å². The summed E-state index contributed by atoms with van der Waals surface area (Å²) in [6, 6.07) is 23.5. The molecule has 0 bridgehead atoms. The molecule has 3 rings (SSSR count). The zero-order valence-electron chi connectivity index (χ0n) is 21.9. The van der Waals surface area contributed by atoms with Crippen LogP contribution in [0.3, 0.4) is 0 Å². The monoisotopic (exact) mass is 521 g/mol. The molecule has 0 aliphatic carbocycles. The van der Waals surface area contributed by atoms with Gasteiger partial charge in [0.25, 0.3) is 5.91 Å². The van der Waals surface area contributed by atoms with Gasteiger partial charge in [-0.2, -0.15) is 8.78 Å². The molecule has 5 nitrogen and oxygen atoms in total. The number of esters is 1. The number of amides is 1. The first kappa shape index (κ1) is 28.7. The van der Waals surface area contributed by atoms with E-state index >= 15 is 0 Å². The minimum Gasteiger partial charge on any atom is -0.460 e. The predicted octanol–water partition coefficient (Wildman–Crippen LogP) is 6.41. The number of ketones is 1. The Morgan fingerprint density at radius 3 is 1.95 bits per heavy atom. The minimum atomic E-state index is -3.73. The lowest BCUT2D eigenvalue weighted by Gasteiger charge is -2.25. The van der Waals surface area contributed by atoms with Crippen molar-refractivity contribution in [3.05, 3.63) is 96.1 Å². The van der Waals surface area contributed by atoms with Crippen molar-refractivity contribution in [1.29, 1.82) is 0 Å². The number of halogens is 2. The van der Waals surface area contributed by atoms with Gasteiger partial charge in [-0.05, 0) is 62.4 Å². The van der Waals surface area contributed by atoms with E-state index < -0.39 is 48.1 Å². The molecule has 1 unspecified atom stereocenters. The molecule has 1 amide bonds. The minimum absolute atomic E-state index is 0.0663. The van der Waals surface area contributed by atoms with Crippen molar-refractivity contribution in [3.63, 3.8) is 0 Å². The summed E-state index contributed by atoms with van der Waals surface area (Å²) in [6.45, 7) is 4.90. The second-order valence-corrected chi connectivity index (χ2v) is 10.2. The topological polar surface area (TPSA) is 72.5 Å². The highest BCUT2D eigenvalue weighted by Gasteiger charge is 2.44. The molecule has 1 atom stereocenters. The number of rotatable bonds is 11. The molecular weight excluding hydrogens is 488 g/mol. The van der Waals surface area contributed by atoms with E-state index in [9.17, 15) is 23.2 Å². The third-order valence-electron chi connectivity index (χ3n) is 5.83. The second kappa shape index (κ2) is 12.6. The molecule has 3 aromatic carbocycles. The molecule has 38 heavy (non-hydrogen) atoms. The first-order valence-corrected chi connectivity index (χ1v) is 12.6. The van der Waals surface area contributed by atoms with E-state index in [1.807, 2.05) is 60.7 Å². The third-order valence-corrected chi connectivity index (χ3v) is 5.83. The average Bonchev–Trinajstić information content (AvgIpc) is 2.88.